The summed E-state index contributed by atoms with van der Waals surface area (Å²) in [6.45, 7) is 3.03. The third-order valence-corrected chi connectivity index (χ3v) is 3.66. The fraction of sp³-hybridized carbons (Fsp3) is 0.625. The Bertz CT molecular complexity index is 493. The van der Waals surface area contributed by atoms with Gasteiger partial charge in [0.15, 0.2) is 5.96 Å². The van der Waals surface area contributed by atoms with Gasteiger partial charge >= 0.3 is 0 Å². The number of rotatable bonds is 7. The lowest BCUT2D eigenvalue weighted by atomic mass is 10.2. The van der Waals surface area contributed by atoms with Crippen molar-refractivity contribution in [1.82, 2.24) is 10.3 Å². The number of hydrogen-bond acceptors (Lipinski definition) is 4. The van der Waals surface area contributed by atoms with Crippen LogP contribution in [0, 0.1) is 0 Å². The van der Waals surface area contributed by atoms with Crippen LogP contribution in [-0.2, 0) is 11.3 Å². The van der Waals surface area contributed by atoms with Gasteiger partial charge in [-0.2, -0.15) is 0 Å². The molecule has 1 aliphatic carbocycles. The minimum absolute atomic E-state index is 0. The van der Waals surface area contributed by atoms with E-state index in [1.807, 2.05) is 19.1 Å². The van der Waals surface area contributed by atoms with Gasteiger partial charge in [0, 0.05) is 24.9 Å². The van der Waals surface area contributed by atoms with Gasteiger partial charge in [-0.05, 0) is 38.7 Å². The summed E-state index contributed by atoms with van der Waals surface area (Å²) in [7, 11) is 1.66. The zero-order chi connectivity index (χ0) is 15.8. The Labute approximate surface area is 155 Å². The molecule has 1 saturated carbocycles. The van der Waals surface area contributed by atoms with E-state index in [4.69, 9.17) is 15.2 Å². The summed E-state index contributed by atoms with van der Waals surface area (Å²) < 4.78 is 11.1. The van der Waals surface area contributed by atoms with Gasteiger partial charge < -0.3 is 20.5 Å². The Hall–Kier alpha value is -1.09. The van der Waals surface area contributed by atoms with Crippen LogP contribution in [0.25, 0.3) is 0 Å². The first-order valence-corrected chi connectivity index (χ1v) is 7.85. The molecule has 0 spiro atoms. The summed E-state index contributed by atoms with van der Waals surface area (Å²) in [5.74, 6) is 1.08. The van der Waals surface area contributed by atoms with Gasteiger partial charge in [0.05, 0.1) is 13.2 Å². The fourth-order valence-electron chi connectivity index (χ4n) is 2.57. The van der Waals surface area contributed by atoms with Crippen LogP contribution in [-0.4, -0.2) is 36.8 Å². The maximum atomic E-state index is 6.00. The molecule has 0 amide bonds. The van der Waals surface area contributed by atoms with E-state index in [0.29, 0.717) is 25.0 Å². The molecular weight excluding hydrogens is 407 g/mol. The van der Waals surface area contributed by atoms with Crippen molar-refractivity contribution in [2.75, 3.05) is 13.7 Å². The van der Waals surface area contributed by atoms with E-state index < -0.39 is 0 Å². The monoisotopic (exact) mass is 434 g/mol. The molecule has 1 aromatic rings. The van der Waals surface area contributed by atoms with Crippen LogP contribution in [0.15, 0.2) is 23.3 Å². The number of aliphatic imine (C=N–C) groups is 1. The molecule has 23 heavy (non-hydrogen) atoms. The summed E-state index contributed by atoms with van der Waals surface area (Å²) in [6, 6.07) is 3.99. The molecule has 0 bridgehead atoms. The van der Waals surface area contributed by atoms with Crippen LogP contribution < -0.4 is 15.8 Å². The van der Waals surface area contributed by atoms with Crippen molar-refractivity contribution in [1.29, 1.82) is 0 Å². The molecule has 2 rings (SSSR count). The average molecular weight is 434 g/mol. The first-order valence-electron chi connectivity index (χ1n) is 7.85. The third-order valence-electron chi connectivity index (χ3n) is 3.66. The Morgan fingerprint density at radius 2 is 2.22 bits per heavy atom. The number of ether oxygens (including phenoxy) is 2. The molecule has 3 N–H and O–H groups in total. The standard InChI is InChI=1S/C16H26N4O2.HI/c1-12(11-21-2)20-16(17)19-10-13-6-5-9-18-15(13)22-14-7-3-4-8-14;/h5-6,9,12,14H,3-4,7-8,10-11H2,1-2H3,(H3,17,19,20);1H. The largest absolute Gasteiger partial charge is 0.474 e. The zero-order valence-electron chi connectivity index (χ0n) is 13.8. The highest BCUT2D eigenvalue weighted by atomic mass is 127. The molecule has 130 valence electrons. The van der Waals surface area contributed by atoms with E-state index in [-0.39, 0.29) is 36.1 Å². The highest BCUT2D eigenvalue weighted by molar-refractivity contribution is 14.0. The number of guanidine groups is 1. The molecule has 1 heterocycles. The number of aromatic nitrogens is 1. The smallest absolute Gasteiger partial charge is 0.218 e. The lowest BCUT2D eigenvalue weighted by Gasteiger charge is -2.15. The molecule has 1 aromatic heterocycles. The van der Waals surface area contributed by atoms with Crippen LogP contribution >= 0.6 is 24.0 Å². The Morgan fingerprint density at radius 1 is 1.48 bits per heavy atom. The predicted octanol–water partition coefficient (Wildman–Crippen LogP) is 2.46. The maximum absolute atomic E-state index is 6.00. The second-order valence-electron chi connectivity index (χ2n) is 5.69. The van der Waals surface area contributed by atoms with Crippen molar-refractivity contribution in [2.24, 2.45) is 10.7 Å². The number of halogens is 1. The van der Waals surface area contributed by atoms with Crippen molar-refractivity contribution < 1.29 is 9.47 Å². The van der Waals surface area contributed by atoms with Gasteiger partial charge in [-0.1, -0.05) is 6.07 Å². The van der Waals surface area contributed by atoms with E-state index in [2.05, 4.69) is 15.3 Å². The van der Waals surface area contributed by atoms with Crippen LogP contribution in [0.4, 0.5) is 0 Å². The van der Waals surface area contributed by atoms with Crippen molar-refractivity contribution in [2.45, 2.75) is 51.3 Å². The Balaban J connectivity index is 0.00000264. The minimum atomic E-state index is 0. The molecule has 0 aromatic carbocycles. The zero-order valence-corrected chi connectivity index (χ0v) is 16.2. The van der Waals surface area contributed by atoms with Gasteiger partial charge in [0.1, 0.15) is 6.10 Å². The molecule has 0 aliphatic heterocycles. The molecule has 1 aliphatic rings. The highest BCUT2D eigenvalue weighted by Gasteiger charge is 2.18. The number of methoxy groups -OCH3 is 1. The third kappa shape index (κ3) is 6.90. The molecule has 0 saturated heterocycles. The molecule has 1 fully saturated rings. The quantitative estimate of drug-likeness (QED) is 0.392. The van der Waals surface area contributed by atoms with Crippen LogP contribution in [0.5, 0.6) is 5.88 Å². The summed E-state index contributed by atoms with van der Waals surface area (Å²) in [5, 5.41) is 3.09. The molecular formula is C16H27IN4O2. The molecule has 1 unspecified atom stereocenters. The predicted molar refractivity (Wildman–Crippen MR) is 102 cm³/mol. The molecule has 0 radical (unpaired) electrons. The van der Waals surface area contributed by atoms with E-state index in [9.17, 15) is 0 Å². The van der Waals surface area contributed by atoms with Crippen LogP contribution in [0.3, 0.4) is 0 Å². The van der Waals surface area contributed by atoms with E-state index in [0.717, 1.165) is 18.4 Å². The topological polar surface area (TPSA) is 81.8 Å². The Kier molecular flexibility index (Phi) is 9.23. The number of pyridine rings is 1. The second kappa shape index (κ2) is 10.6. The van der Waals surface area contributed by atoms with E-state index in [1.54, 1.807) is 13.3 Å². The fourth-order valence-corrected chi connectivity index (χ4v) is 2.57. The lowest BCUT2D eigenvalue weighted by molar-refractivity contribution is 0.179. The maximum Gasteiger partial charge on any atom is 0.218 e. The normalized spacial score (nSPS) is 16.7. The average Bonchev–Trinajstić information content (AvgIpc) is 2.99. The van der Waals surface area contributed by atoms with Crippen LogP contribution in [0.1, 0.15) is 38.2 Å². The number of nitrogens with two attached hydrogens (primary N) is 1. The Morgan fingerprint density at radius 3 is 2.91 bits per heavy atom. The number of nitrogens with one attached hydrogen (secondary N) is 1. The van der Waals surface area contributed by atoms with Gasteiger partial charge in [0.25, 0.3) is 0 Å². The highest BCUT2D eigenvalue weighted by Crippen LogP contribution is 2.25. The first-order chi connectivity index (χ1) is 10.7. The second-order valence-corrected chi connectivity index (χ2v) is 5.69. The van der Waals surface area contributed by atoms with E-state index in [1.165, 1.54) is 12.8 Å². The number of hydrogen-bond donors (Lipinski definition) is 2. The first kappa shape index (κ1) is 20.0. The van der Waals surface area contributed by atoms with Crippen molar-refractivity contribution >= 4 is 29.9 Å². The summed E-state index contributed by atoms with van der Waals surface area (Å²) >= 11 is 0. The van der Waals surface area contributed by atoms with Gasteiger partial charge in [0.2, 0.25) is 5.88 Å². The lowest BCUT2D eigenvalue weighted by Crippen LogP contribution is -2.40. The summed E-state index contributed by atoms with van der Waals surface area (Å²) in [6.07, 6.45) is 6.72. The molecule has 7 heteroatoms. The molecule has 6 nitrogen and oxygen atoms in total. The number of nitrogens with zero attached hydrogens (tertiary/aromatic N) is 2. The van der Waals surface area contributed by atoms with Crippen molar-refractivity contribution in [3.8, 4) is 5.88 Å². The minimum Gasteiger partial charge on any atom is -0.474 e. The van der Waals surface area contributed by atoms with Gasteiger partial charge in [-0.3, -0.25) is 0 Å². The SMILES string of the molecule is COCC(C)NC(N)=NCc1cccnc1OC1CCCC1.I. The van der Waals surface area contributed by atoms with Crippen molar-refractivity contribution in [3.63, 3.8) is 0 Å². The van der Waals surface area contributed by atoms with E-state index >= 15 is 0 Å². The summed E-state index contributed by atoms with van der Waals surface area (Å²) in [5.41, 5.74) is 6.85. The van der Waals surface area contributed by atoms with Gasteiger partial charge in [-0.15, -0.1) is 24.0 Å². The van der Waals surface area contributed by atoms with Crippen LogP contribution in [0.2, 0.25) is 0 Å². The molecule has 1 atom stereocenters. The van der Waals surface area contributed by atoms with Gasteiger partial charge in [-0.25, -0.2) is 9.98 Å². The van der Waals surface area contributed by atoms with Crippen molar-refractivity contribution in [3.05, 3.63) is 23.9 Å². The summed E-state index contributed by atoms with van der Waals surface area (Å²) in [4.78, 5) is 8.70.